The average Bonchev–Trinajstić information content (AvgIpc) is 2.82. The zero-order valence-electron chi connectivity index (χ0n) is 18.2. The summed E-state index contributed by atoms with van der Waals surface area (Å²) < 4.78 is 31.4. The third-order valence-electron chi connectivity index (χ3n) is 5.60. The van der Waals surface area contributed by atoms with Crippen molar-refractivity contribution in [2.24, 2.45) is 0 Å². The molecular weight excluding hydrogens is 440 g/mol. The fourth-order valence-electron chi connectivity index (χ4n) is 3.85. The van der Waals surface area contributed by atoms with Crippen LogP contribution in [0.2, 0.25) is 0 Å². The summed E-state index contributed by atoms with van der Waals surface area (Å²) in [4.78, 5) is 37.8. The predicted molar refractivity (Wildman–Crippen MR) is 121 cm³/mol. The number of esters is 1. The van der Waals surface area contributed by atoms with Crippen LogP contribution in [-0.2, 0) is 21.0 Å². The molecule has 6 nitrogen and oxygen atoms in total. The number of Topliss-reactive ketones (excluding diaryl/α,β-unsaturated/α-hetero) is 1. The number of hydrogen-bond donors (Lipinski definition) is 0. The molecule has 1 aliphatic rings. The summed E-state index contributed by atoms with van der Waals surface area (Å²) in [6.07, 6.45) is 0.840. The van der Waals surface area contributed by atoms with Gasteiger partial charge in [0.15, 0.2) is 11.9 Å². The number of ketones is 2. The Labute approximate surface area is 192 Å². The van der Waals surface area contributed by atoms with E-state index in [-0.39, 0.29) is 32.3 Å². The Morgan fingerprint density at radius 3 is 2.21 bits per heavy atom. The molecule has 0 saturated carbocycles. The Bertz CT molecular complexity index is 1370. The van der Waals surface area contributed by atoms with Gasteiger partial charge >= 0.3 is 5.97 Å². The number of carbonyl (C=O) groups is 3. The van der Waals surface area contributed by atoms with Crippen molar-refractivity contribution in [1.29, 1.82) is 0 Å². The molecule has 1 aliphatic heterocycles. The fraction of sp³-hybridized carbons (Fsp3) is 0.192. The largest absolute Gasteiger partial charge is 0.451 e. The lowest BCUT2D eigenvalue weighted by atomic mass is 10.0. The number of hydrogen-bond acceptors (Lipinski definition) is 6. The first-order valence-corrected chi connectivity index (χ1v) is 12.1. The summed E-state index contributed by atoms with van der Waals surface area (Å²) >= 11 is 0. The first kappa shape index (κ1) is 22.6. The van der Waals surface area contributed by atoms with E-state index in [0.717, 1.165) is 24.5 Å². The Morgan fingerprint density at radius 1 is 0.879 bits per heavy atom. The lowest BCUT2D eigenvalue weighted by Gasteiger charge is -2.19. The minimum absolute atomic E-state index is 0.00143. The van der Waals surface area contributed by atoms with Gasteiger partial charge in [-0.1, -0.05) is 49.7 Å². The van der Waals surface area contributed by atoms with Gasteiger partial charge in [-0.05, 0) is 49.2 Å². The highest BCUT2D eigenvalue weighted by molar-refractivity contribution is 7.91. The van der Waals surface area contributed by atoms with Crippen molar-refractivity contribution in [3.05, 3.63) is 94.5 Å². The van der Waals surface area contributed by atoms with E-state index in [2.05, 4.69) is 6.92 Å². The van der Waals surface area contributed by atoms with Gasteiger partial charge in [0.2, 0.25) is 15.6 Å². The van der Waals surface area contributed by atoms with Crippen LogP contribution in [-0.4, -0.2) is 32.1 Å². The molecule has 4 rings (SSSR count). The quantitative estimate of drug-likeness (QED) is 0.310. The van der Waals surface area contributed by atoms with Crippen LogP contribution in [0.25, 0.3) is 0 Å². The second kappa shape index (κ2) is 8.75. The van der Waals surface area contributed by atoms with E-state index in [4.69, 9.17) is 4.74 Å². The first-order valence-electron chi connectivity index (χ1n) is 10.6. The topological polar surface area (TPSA) is 94.6 Å². The number of aryl methyl sites for hydroxylation is 1. The van der Waals surface area contributed by atoms with Gasteiger partial charge in [0, 0.05) is 16.7 Å². The molecule has 3 aromatic rings. The van der Waals surface area contributed by atoms with Gasteiger partial charge in [0.05, 0.1) is 15.4 Å². The zero-order chi connectivity index (χ0) is 23.8. The molecule has 0 aliphatic carbocycles. The molecule has 0 unspecified atom stereocenters. The van der Waals surface area contributed by atoms with Crippen molar-refractivity contribution < 1.29 is 27.5 Å². The SMILES string of the molecule is CCCc1ccc(C(=O)[C@H](C)OC(=O)c2ccc3c(c2)S(=O)(=O)c2ccccc2C3=O)cc1. The Hall–Kier alpha value is -3.58. The van der Waals surface area contributed by atoms with Crippen molar-refractivity contribution in [3.63, 3.8) is 0 Å². The highest BCUT2D eigenvalue weighted by atomic mass is 32.2. The molecular formula is C26H22O6S. The molecule has 0 spiro atoms. The number of sulfone groups is 1. The molecule has 33 heavy (non-hydrogen) atoms. The molecule has 0 bridgehead atoms. The van der Waals surface area contributed by atoms with Crippen LogP contribution in [0, 0.1) is 0 Å². The van der Waals surface area contributed by atoms with Crippen molar-refractivity contribution in [2.45, 2.75) is 42.6 Å². The number of rotatable bonds is 6. The molecule has 0 saturated heterocycles. The number of carbonyl (C=O) groups excluding carboxylic acids is 3. The van der Waals surface area contributed by atoms with E-state index >= 15 is 0 Å². The maximum atomic E-state index is 13.0. The van der Waals surface area contributed by atoms with Crippen molar-refractivity contribution in [2.75, 3.05) is 0 Å². The van der Waals surface area contributed by atoms with Gasteiger partial charge in [0.25, 0.3) is 0 Å². The van der Waals surface area contributed by atoms with Gasteiger partial charge in [-0.2, -0.15) is 0 Å². The van der Waals surface area contributed by atoms with Crippen LogP contribution in [0.5, 0.6) is 0 Å². The van der Waals surface area contributed by atoms with Crippen LogP contribution in [0.1, 0.15) is 62.5 Å². The minimum Gasteiger partial charge on any atom is -0.451 e. The monoisotopic (exact) mass is 462 g/mol. The van der Waals surface area contributed by atoms with Gasteiger partial charge in [0.1, 0.15) is 0 Å². The Morgan fingerprint density at radius 2 is 1.52 bits per heavy atom. The third-order valence-corrected chi connectivity index (χ3v) is 7.45. The maximum Gasteiger partial charge on any atom is 0.338 e. The second-order valence-electron chi connectivity index (χ2n) is 7.90. The summed E-state index contributed by atoms with van der Waals surface area (Å²) in [5.74, 6) is -1.63. The van der Waals surface area contributed by atoms with Crippen LogP contribution in [0.4, 0.5) is 0 Å². The average molecular weight is 463 g/mol. The Balaban J connectivity index is 1.57. The maximum absolute atomic E-state index is 13.0. The van der Waals surface area contributed by atoms with Crippen LogP contribution < -0.4 is 0 Å². The summed E-state index contributed by atoms with van der Waals surface area (Å²) in [7, 11) is -3.98. The molecule has 1 heterocycles. The van der Waals surface area contributed by atoms with Gasteiger partial charge in [-0.15, -0.1) is 0 Å². The van der Waals surface area contributed by atoms with E-state index in [0.29, 0.717) is 5.56 Å². The molecule has 3 aromatic carbocycles. The lowest BCUT2D eigenvalue weighted by molar-refractivity contribution is 0.0318. The lowest BCUT2D eigenvalue weighted by Crippen LogP contribution is -2.25. The normalized spacial score (nSPS) is 14.7. The summed E-state index contributed by atoms with van der Waals surface area (Å²) in [6.45, 7) is 3.54. The molecule has 0 amide bonds. The molecule has 0 radical (unpaired) electrons. The highest BCUT2D eigenvalue weighted by Gasteiger charge is 2.35. The molecule has 0 N–H and O–H groups in total. The van der Waals surface area contributed by atoms with E-state index in [1.54, 1.807) is 18.2 Å². The van der Waals surface area contributed by atoms with Crippen LogP contribution >= 0.6 is 0 Å². The molecule has 0 fully saturated rings. The van der Waals surface area contributed by atoms with E-state index in [1.807, 2.05) is 12.1 Å². The van der Waals surface area contributed by atoms with Crippen LogP contribution in [0.15, 0.2) is 76.5 Å². The number of ether oxygens (including phenoxy) is 1. The van der Waals surface area contributed by atoms with Gasteiger partial charge < -0.3 is 4.74 Å². The van der Waals surface area contributed by atoms with Crippen molar-refractivity contribution >= 4 is 27.4 Å². The second-order valence-corrected chi connectivity index (χ2v) is 9.78. The van der Waals surface area contributed by atoms with Crippen molar-refractivity contribution in [3.8, 4) is 0 Å². The van der Waals surface area contributed by atoms with Crippen molar-refractivity contribution in [1.82, 2.24) is 0 Å². The van der Waals surface area contributed by atoms with Crippen LogP contribution in [0.3, 0.4) is 0 Å². The standard InChI is InChI=1S/C26H22O6S/c1-3-6-17-9-11-18(12-10-17)24(27)16(2)32-26(29)19-13-14-21-23(15-19)33(30,31)22-8-5-4-7-20(22)25(21)28/h4-5,7-16H,3,6H2,1-2H3/t16-/m0/s1. The Kier molecular flexibility index (Phi) is 5.99. The molecule has 168 valence electrons. The zero-order valence-corrected chi connectivity index (χ0v) is 19.0. The molecule has 1 atom stereocenters. The van der Waals surface area contributed by atoms with E-state index in [9.17, 15) is 22.8 Å². The van der Waals surface area contributed by atoms with E-state index < -0.39 is 27.7 Å². The fourth-order valence-corrected chi connectivity index (χ4v) is 5.53. The third kappa shape index (κ3) is 4.12. The van der Waals surface area contributed by atoms with Gasteiger partial charge in [-0.25, -0.2) is 13.2 Å². The number of fused-ring (bicyclic) bond motifs is 2. The molecule has 0 aromatic heterocycles. The summed E-state index contributed by atoms with van der Waals surface area (Å²) in [5, 5.41) is 0. The number of benzene rings is 3. The molecule has 7 heteroatoms. The summed E-state index contributed by atoms with van der Waals surface area (Å²) in [5.41, 5.74) is 1.59. The highest BCUT2D eigenvalue weighted by Crippen LogP contribution is 2.34. The first-order chi connectivity index (χ1) is 15.7. The van der Waals surface area contributed by atoms with E-state index in [1.165, 1.54) is 37.3 Å². The smallest absolute Gasteiger partial charge is 0.338 e. The minimum atomic E-state index is -3.98. The predicted octanol–water partition coefficient (Wildman–Crippen LogP) is 4.44. The van der Waals surface area contributed by atoms with Gasteiger partial charge in [-0.3, -0.25) is 9.59 Å². The summed E-state index contributed by atoms with van der Waals surface area (Å²) in [6, 6.07) is 16.9.